The molecule has 27 heavy (non-hydrogen) atoms. The highest BCUT2D eigenvalue weighted by Gasteiger charge is 2.32. The standard InChI is InChI=1S/C20H15Cl3N2O2/c1-3-27-20(26)18-14-7-11-6-10(2)15(22)9-13(11)19(14)25(24-18)17-5-4-12(21)8-16(17)23/h4-6,8-9H,3,7H2,1-2H3. The van der Waals surface area contributed by atoms with Crippen LogP contribution < -0.4 is 0 Å². The van der Waals surface area contributed by atoms with Crippen LogP contribution in [0.3, 0.4) is 0 Å². The van der Waals surface area contributed by atoms with Gasteiger partial charge in [0, 0.05) is 27.6 Å². The summed E-state index contributed by atoms with van der Waals surface area (Å²) in [6.07, 6.45) is 0.585. The summed E-state index contributed by atoms with van der Waals surface area (Å²) in [5.41, 5.74) is 5.57. The van der Waals surface area contributed by atoms with Crippen LogP contribution in [0.4, 0.5) is 0 Å². The third kappa shape index (κ3) is 3.02. The number of hydrogen-bond acceptors (Lipinski definition) is 3. The Hall–Kier alpha value is -2.01. The Labute approximate surface area is 171 Å². The second-order valence-corrected chi connectivity index (χ2v) is 7.59. The maximum Gasteiger partial charge on any atom is 0.359 e. The third-order valence-corrected chi connectivity index (χ3v) is 5.54. The molecule has 2 aromatic carbocycles. The van der Waals surface area contributed by atoms with E-state index in [0.29, 0.717) is 32.9 Å². The van der Waals surface area contributed by atoms with Gasteiger partial charge in [-0.1, -0.05) is 40.9 Å². The molecule has 0 unspecified atom stereocenters. The van der Waals surface area contributed by atoms with Crippen molar-refractivity contribution in [3.63, 3.8) is 0 Å². The van der Waals surface area contributed by atoms with Gasteiger partial charge in [-0.3, -0.25) is 0 Å². The lowest BCUT2D eigenvalue weighted by molar-refractivity contribution is 0.0518. The zero-order chi connectivity index (χ0) is 19.3. The first-order chi connectivity index (χ1) is 12.9. The van der Waals surface area contributed by atoms with E-state index in [1.807, 2.05) is 19.1 Å². The fourth-order valence-corrected chi connectivity index (χ4v) is 4.04. The SMILES string of the molecule is CCOC(=O)c1nn(-c2ccc(Cl)cc2Cl)c2c1Cc1cc(C)c(Cl)cc1-2. The van der Waals surface area contributed by atoms with Crippen LogP contribution in [0, 0.1) is 6.92 Å². The highest BCUT2D eigenvalue weighted by Crippen LogP contribution is 2.43. The van der Waals surface area contributed by atoms with Gasteiger partial charge >= 0.3 is 5.97 Å². The molecule has 1 aliphatic carbocycles. The Balaban J connectivity index is 1.99. The maximum absolute atomic E-state index is 12.5. The predicted molar refractivity (Wildman–Crippen MR) is 108 cm³/mol. The fourth-order valence-electron chi connectivity index (χ4n) is 3.38. The number of carbonyl (C=O) groups is 1. The molecule has 1 heterocycles. The first-order valence-electron chi connectivity index (χ1n) is 8.44. The van der Waals surface area contributed by atoms with Gasteiger partial charge < -0.3 is 4.74 Å². The third-order valence-electron chi connectivity index (χ3n) is 4.60. The maximum atomic E-state index is 12.5. The average Bonchev–Trinajstić information content (AvgIpc) is 3.13. The van der Waals surface area contributed by atoms with Crippen molar-refractivity contribution >= 4 is 40.8 Å². The second kappa shape index (κ2) is 6.86. The van der Waals surface area contributed by atoms with Crippen LogP contribution in [0.5, 0.6) is 0 Å². The van der Waals surface area contributed by atoms with Crippen molar-refractivity contribution in [2.75, 3.05) is 6.61 Å². The van der Waals surface area contributed by atoms with Crippen LogP contribution in [-0.2, 0) is 11.2 Å². The highest BCUT2D eigenvalue weighted by molar-refractivity contribution is 6.35. The zero-order valence-electron chi connectivity index (χ0n) is 14.6. The molecule has 4 rings (SSSR count). The highest BCUT2D eigenvalue weighted by atomic mass is 35.5. The second-order valence-electron chi connectivity index (χ2n) is 6.34. The molecule has 3 aromatic rings. The van der Waals surface area contributed by atoms with Crippen LogP contribution in [0.25, 0.3) is 16.9 Å². The predicted octanol–water partition coefficient (Wildman–Crippen LogP) is 5.89. The molecule has 1 aliphatic rings. The van der Waals surface area contributed by atoms with Crippen LogP contribution >= 0.6 is 34.8 Å². The number of aromatic nitrogens is 2. The van der Waals surface area contributed by atoms with Crippen LogP contribution in [0.15, 0.2) is 30.3 Å². The number of aryl methyl sites for hydroxylation is 1. The molecule has 138 valence electrons. The number of benzene rings is 2. The minimum absolute atomic E-state index is 0.278. The molecule has 4 nitrogen and oxygen atoms in total. The molecule has 0 saturated heterocycles. The van der Waals surface area contributed by atoms with E-state index in [9.17, 15) is 4.79 Å². The number of esters is 1. The number of carbonyl (C=O) groups excluding carboxylic acids is 1. The van der Waals surface area contributed by atoms with E-state index in [1.54, 1.807) is 29.8 Å². The summed E-state index contributed by atoms with van der Waals surface area (Å²) in [4.78, 5) is 12.5. The molecule has 0 aliphatic heterocycles. The molecular weight excluding hydrogens is 407 g/mol. The molecule has 1 aromatic heterocycles. The van der Waals surface area contributed by atoms with Gasteiger partial charge in [0.25, 0.3) is 0 Å². The molecular formula is C20H15Cl3N2O2. The largest absolute Gasteiger partial charge is 0.461 e. The summed E-state index contributed by atoms with van der Waals surface area (Å²) >= 11 is 18.8. The summed E-state index contributed by atoms with van der Waals surface area (Å²) in [5, 5.41) is 6.16. The van der Waals surface area contributed by atoms with Gasteiger partial charge in [0.1, 0.15) is 0 Å². The number of hydrogen-bond donors (Lipinski definition) is 0. The van der Waals surface area contributed by atoms with Crippen molar-refractivity contribution in [2.24, 2.45) is 0 Å². The first-order valence-corrected chi connectivity index (χ1v) is 9.58. The molecule has 0 N–H and O–H groups in total. The van der Waals surface area contributed by atoms with Crippen LogP contribution in [0.2, 0.25) is 15.1 Å². The van der Waals surface area contributed by atoms with Crippen molar-refractivity contribution in [2.45, 2.75) is 20.3 Å². The lowest BCUT2D eigenvalue weighted by atomic mass is 10.1. The van der Waals surface area contributed by atoms with Gasteiger partial charge in [-0.2, -0.15) is 5.10 Å². The average molecular weight is 422 g/mol. The molecule has 0 atom stereocenters. The Morgan fingerprint density at radius 2 is 1.96 bits per heavy atom. The molecule has 0 bridgehead atoms. The monoisotopic (exact) mass is 420 g/mol. The Bertz CT molecular complexity index is 1090. The van der Waals surface area contributed by atoms with Crippen molar-refractivity contribution < 1.29 is 9.53 Å². The van der Waals surface area contributed by atoms with E-state index in [0.717, 1.165) is 27.9 Å². The number of rotatable bonds is 3. The van der Waals surface area contributed by atoms with E-state index >= 15 is 0 Å². The topological polar surface area (TPSA) is 44.1 Å². The zero-order valence-corrected chi connectivity index (χ0v) is 16.9. The summed E-state index contributed by atoms with van der Waals surface area (Å²) < 4.78 is 6.88. The Kier molecular flexibility index (Phi) is 4.66. The summed E-state index contributed by atoms with van der Waals surface area (Å²) in [6.45, 7) is 4.00. The number of nitrogens with zero attached hydrogens (tertiary/aromatic N) is 2. The minimum Gasteiger partial charge on any atom is -0.461 e. The van der Waals surface area contributed by atoms with E-state index in [-0.39, 0.29) is 6.61 Å². The van der Waals surface area contributed by atoms with Crippen molar-refractivity contribution in [3.05, 3.63) is 67.8 Å². The lowest BCUT2D eigenvalue weighted by Gasteiger charge is -2.11. The number of fused-ring (bicyclic) bond motifs is 3. The van der Waals surface area contributed by atoms with E-state index in [2.05, 4.69) is 5.10 Å². The van der Waals surface area contributed by atoms with Crippen LogP contribution in [0.1, 0.15) is 34.1 Å². The van der Waals surface area contributed by atoms with E-state index in [1.165, 1.54) is 0 Å². The van der Waals surface area contributed by atoms with Crippen molar-refractivity contribution in [1.29, 1.82) is 0 Å². The van der Waals surface area contributed by atoms with Gasteiger partial charge in [0.15, 0.2) is 5.69 Å². The molecule has 0 saturated carbocycles. The molecule has 0 fully saturated rings. The van der Waals surface area contributed by atoms with Gasteiger partial charge in [0.2, 0.25) is 0 Å². The fraction of sp³-hybridized carbons (Fsp3) is 0.200. The number of halogens is 3. The number of ether oxygens (including phenoxy) is 1. The first kappa shape index (κ1) is 18.4. The van der Waals surface area contributed by atoms with Gasteiger partial charge in [-0.25, -0.2) is 9.48 Å². The van der Waals surface area contributed by atoms with Gasteiger partial charge in [-0.15, -0.1) is 0 Å². The molecule has 0 amide bonds. The summed E-state index contributed by atoms with van der Waals surface area (Å²) in [5.74, 6) is -0.451. The smallest absolute Gasteiger partial charge is 0.359 e. The molecule has 0 radical (unpaired) electrons. The summed E-state index contributed by atoms with van der Waals surface area (Å²) in [6, 6.07) is 9.11. The Morgan fingerprint density at radius 3 is 2.67 bits per heavy atom. The lowest BCUT2D eigenvalue weighted by Crippen LogP contribution is -2.09. The van der Waals surface area contributed by atoms with Gasteiger partial charge in [0.05, 0.1) is 23.0 Å². The summed E-state index contributed by atoms with van der Waals surface area (Å²) in [7, 11) is 0. The quantitative estimate of drug-likeness (QED) is 0.387. The van der Waals surface area contributed by atoms with Crippen molar-refractivity contribution in [1.82, 2.24) is 9.78 Å². The van der Waals surface area contributed by atoms with E-state index < -0.39 is 5.97 Å². The molecule has 7 heteroatoms. The van der Waals surface area contributed by atoms with Crippen LogP contribution in [-0.4, -0.2) is 22.4 Å². The van der Waals surface area contributed by atoms with Gasteiger partial charge in [-0.05, 0) is 49.2 Å². The Morgan fingerprint density at radius 1 is 1.19 bits per heavy atom. The van der Waals surface area contributed by atoms with E-state index in [4.69, 9.17) is 39.5 Å². The minimum atomic E-state index is -0.451. The molecule has 0 spiro atoms. The normalized spacial score (nSPS) is 12.0. The van der Waals surface area contributed by atoms with Crippen molar-refractivity contribution in [3.8, 4) is 16.9 Å².